The smallest absolute Gasteiger partial charge is 0.333 e. The first-order valence-electron chi connectivity index (χ1n) is 45.6. The molecular weight excluding hydrogens is 1920 g/mol. The highest BCUT2D eigenvalue weighted by Crippen LogP contribution is 2.57. The molecule has 9 N–H and O–H groups in total. The van der Waals surface area contributed by atoms with Crippen molar-refractivity contribution in [3.8, 4) is 0 Å². The van der Waals surface area contributed by atoms with Gasteiger partial charge >= 0.3 is 107 Å². The minimum absolute atomic E-state index is 0.0837. The van der Waals surface area contributed by atoms with Gasteiger partial charge in [0.1, 0.15) is 174 Å². The average Bonchev–Trinajstić information content (AvgIpc) is 0.747. The maximum absolute atomic E-state index is 16.5. The Morgan fingerprint density at radius 1 is 0.159 bits per heavy atom. The Bertz CT molecular complexity index is 4440. The van der Waals surface area contributed by atoms with Gasteiger partial charge in [-0.25, -0.2) is 43.2 Å². The van der Waals surface area contributed by atoms with Crippen molar-refractivity contribution in [2.45, 2.75) is 245 Å². The van der Waals surface area contributed by atoms with Crippen LogP contribution in [-0.2, 0) is 172 Å². The van der Waals surface area contributed by atoms with Crippen LogP contribution in [0, 0.1) is 48.7 Å². The van der Waals surface area contributed by atoms with Crippen molar-refractivity contribution in [2.24, 2.45) is 48.7 Å². The molecule has 15 unspecified atom stereocenters. The summed E-state index contributed by atoms with van der Waals surface area (Å²) in [7, 11) is 0. The van der Waals surface area contributed by atoms with Gasteiger partial charge in [-0.3, -0.25) is 43.2 Å². The monoisotopic (exact) mass is 2070 g/mol. The number of aliphatic hydroxyl groups excluding tert-OH is 9. The lowest BCUT2D eigenvalue weighted by Crippen LogP contribution is -2.52. The van der Waals surface area contributed by atoms with E-state index in [1.54, 1.807) is 0 Å². The van der Waals surface area contributed by atoms with Crippen LogP contribution >= 0.6 is 0 Å². The first kappa shape index (κ1) is 133. The third-order valence-electron chi connectivity index (χ3n) is 21.4. The molecular formula is C100H148O45. The van der Waals surface area contributed by atoms with Crippen molar-refractivity contribution < 1.29 is 218 Å². The van der Waals surface area contributed by atoms with Gasteiger partial charge in [-0.1, -0.05) is 59.2 Å². The summed E-state index contributed by atoms with van der Waals surface area (Å²) in [5, 5.41) is 102. The number of rotatable bonds is 70. The van der Waals surface area contributed by atoms with Crippen LogP contribution in [0.4, 0.5) is 0 Å². The van der Waals surface area contributed by atoms with Gasteiger partial charge in [0.05, 0.1) is 48.7 Å². The van der Waals surface area contributed by atoms with Gasteiger partial charge < -0.3 is 131 Å². The summed E-state index contributed by atoms with van der Waals surface area (Å²) in [4.78, 5) is 256. The van der Waals surface area contributed by atoms with Crippen LogP contribution in [-0.4, -0.2) is 327 Å². The molecule has 0 aromatic heterocycles. The maximum atomic E-state index is 16.5. The van der Waals surface area contributed by atoms with E-state index >= 15 is 33.6 Å². The van der Waals surface area contributed by atoms with Crippen LogP contribution in [0.2, 0.25) is 0 Å². The van der Waals surface area contributed by atoms with Crippen molar-refractivity contribution in [2.75, 3.05) is 119 Å². The Kier molecular flexibility index (Phi) is 54.9. The highest BCUT2D eigenvalue weighted by atomic mass is 16.6. The first-order valence-corrected chi connectivity index (χ1v) is 45.6. The molecule has 15 atom stereocenters. The van der Waals surface area contributed by atoms with Gasteiger partial charge in [-0.15, -0.1) is 0 Å². The molecule has 0 fully saturated rings. The molecule has 0 saturated carbocycles. The van der Waals surface area contributed by atoms with Gasteiger partial charge in [0.25, 0.3) is 0 Å². The minimum atomic E-state index is -2.94. The van der Waals surface area contributed by atoms with Crippen molar-refractivity contribution in [3.05, 3.63) is 109 Å². The molecule has 0 spiro atoms. The Morgan fingerprint density at radius 2 is 0.241 bits per heavy atom. The van der Waals surface area contributed by atoms with E-state index in [1.165, 1.54) is 90.0 Å². The largest absolute Gasteiger partial charge is 0.462 e. The van der Waals surface area contributed by atoms with Crippen molar-refractivity contribution in [3.63, 3.8) is 0 Å². The average molecular weight is 2070 g/mol. The summed E-state index contributed by atoms with van der Waals surface area (Å²) in [6.45, 7) is 36.2. The number of esters is 18. The molecule has 0 aliphatic heterocycles. The summed E-state index contributed by atoms with van der Waals surface area (Å²) in [5.74, 6) is -22.9. The van der Waals surface area contributed by atoms with E-state index in [1.807, 2.05) is 0 Å². The summed E-state index contributed by atoms with van der Waals surface area (Å²) in [6.07, 6.45) is -26.8. The zero-order chi connectivity index (χ0) is 112. The molecule has 45 nitrogen and oxygen atoms in total. The molecule has 0 aromatic rings. The first-order chi connectivity index (χ1) is 66.4. The molecule has 0 heterocycles. The van der Waals surface area contributed by atoms with E-state index in [-0.39, 0.29) is 50.2 Å². The van der Waals surface area contributed by atoms with E-state index in [4.69, 9.17) is 85.3 Å². The second-order valence-electron chi connectivity index (χ2n) is 39.8. The maximum Gasteiger partial charge on any atom is 0.333 e. The van der Waals surface area contributed by atoms with Crippen LogP contribution in [0.3, 0.4) is 0 Å². The highest BCUT2D eigenvalue weighted by Gasteiger charge is 2.61. The molecule has 0 bridgehead atoms. The highest BCUT2D eigenvalue weighted by molar-refractivity contribution is 5.92. The number of ether oxygens (including phenoxy) is 18. The quantitative estimate of drug-likeness (QED) is 0.0231. The predicted molar refractivity (Wildman–Crippen MR) is 506 cm³/mol. The standard InChI is InChI=1S/C100H148O45/c1-56(2)74(110)128-30-65(101)39-137-83(119)92(19,20)48-94(23,85(121)139-41-67(103)32-130-76(112)58(5)6)50-96(25,87(123)141-43-69(105)34-132-78(114)60(9)10)52-98(27,89(125)143-45-71(107)36-134-80(116)62(13)14)54-100(29,91(127)145-47-73(109)38-136-82(118)64(17)18)55-99(28,90(126)144-46-72(108)37-135-81(117)63(15)16)53-97(26,88(124)142-44-70(106)35-133-79(115)61(11)12)51-95(24,86(122)140-42-68(104)33-131-77(113)59(7)8)49-93(21,22)84(120)138-40-66(102)31-129-75(111)57(3)4/h65-73,101-109H,1,3,5,7,9,11,13,15,17,30-55H2,2,4,6,8,10,12,14,16,18-29H3. The third kappa shape index (κ3) is 47.7. The number of hydrogen-bond acceptors (Lipinski definition) is 45. The fraction of sp³-hybridized carbons (Fsp3) is 0.640. The van der Waals surface area contributed by atoms with Crippen molar-refractivity contribution in [1.82, 2.24) is 0 Å². The van der Waals surface area contributed by atoms with Crippen LogP contribution in [0.1, 0.15) is 190 Å². The number of hydrogen-bond donors (Lipinski definition) is 9. The Labute approximate surface area is 843 Å². The van der Waals surface area contributed by atoms with Crippen molar-refractivity contribution in [1.29, 1.82) is 0 Å². The van der Waals surface area contributed by atoms with Gasteiger partial charge in [0.15, 0.2) is 0 Å². The van der Waals surface area contributed by atoms with E-state index in [0.29, 0.717) is 0 Å². The molecule has 0 saturated heterocycles. The topological polar surface area (TPSA) is 655 Å². The zero-order valence-electron chi connectivity index (χ0n) is 86.7. The van der Waals surface area contributed by atoms with Crippen LogP contribution in [0.15, 0.2) is 109 Å². The normalized spacial score (nSPS) is 16.1. The van der Waals surface area contributed by atoms with Crippen LogP contribution < -0.4 is 0 Å². The van der Waals surface area contributed by atoms with E-state index in [0.717, 1.165) is 48.5 Å². The summed E-state index contributed by atoms with van der Waals surface area (Å²) < 4.78 is 97.9. The van der Waals surface area contributed by atoms with Gasteiger partial charge in [-0.2, -0.15) is 0 Å². The van der Waals surface area contributed by atoms with E-state index in [9.17, 15) is 98.7 Å². The minimum Gasteiger partial charge on any atom is -0.462 e. The second kappa shape index (κ2) is 60.0. The van der Waals surface area contributed by atoms with Crippen molar-refractivity contribution >= 4 is 107 Å². The predicted octanol–water partition coefficient (Wildman–Crippen LogP) is 4.41. The molecule has 145 heavy (non-hydrogen) atoms. The molecule has 0 amide bonds. The Hall–Kier alpha value is -12.2. The number of carbonyl (C=O) groups is 18. The van der Waals surface area contributed by atoms with E-state index < -0.39 is 381 Å². The lowest BCUT2D eigenvalue weighted by atomic mass is 9.56. The van der Waals surface area contributed by atoms with Crippen LogP contribution in [0.25, 0.3) is 0 Å². The molecule has 0 rings (SSSR count). The molecule has 0 aromatic carbocycles. The van der Waals surface area contributed by atoms with Gasteiger partial charge in [0, 0.05) is 50.2 Å². The number of carbonyl (C=O) groups excluding carboxylic acids is 18. The Morgan fingerprint density at radius 3 is 0.338 bits per heavy atom. The fourth-order valence-corrected chi connectivity index (χ4v) is 15.0. The summed E-state index contributed by atoms with van der Waals surface area (Å²) >= 11 is 0. The molecule has 0 aliphatic rings. The third-order valence-corrected chi connectivity index (χ3v) is 21.4. The van der Waals surface area contributed by atoms with E-state index in [2.05, 4.69) is 59.2 Å². The molecule has 0 radical (unpaired) electrons. The lowest BCUT2D eigenvalue weighted by molar-refractivity contribution is -0.180. The molecule has 45 heteroatoms. The SMILES string of the molecule is C=C(C)C(=O)OCC(O)COC(=O)C(C)(C)CC(C)(CC(C)(CC(C)(CC(C)(CC(C)(CC(C)(CC(C)(CC(C)(C)C(=O)OCC(O)COC(=O)C(=C)C)C(=O)OCC(O)COC(=O)C(=C)C)C(=O)OCC(O)COC(=O)C(=C)C)C(=O)OCC(O)COC(=O)C(=C)C)C(=O)OCC(O)COC(=O)C(=C)C)C(=O)OCC(O)COC(=O)C(=C)C)C(=O)OCC(O)COC(=O)C(=C)C)C(=O)OCC(O)COC(=O)C(=C)C. The Balaban J connectivity index is 11.0. The molecule has 818 valence electrons. The summed E-state index contributed by atoms with van der Waals surface area (Å²) in [5.41, 5.74) is -25.0. The second-order valence-corrected chi connectivity index (χ2v) is 39.8. The van der Waals surface area contributed by atoms with Gasteiger partial charge in [0.2, 0.25) is 0 Å². The lowest BCUT2D eigenvalue weighted by Gasteiger charge is -2.47. The fourth-order valence-electron chi connectivity index (χ4n) is 15.0. The van der Waals surface area contributed by atoms with Gasteiger partial charge in [-0.05, 0) is 190 Å². The van der Waals surface area contributed by atoms with Crippen LogP contribution in [0.5, 0.6) is 0 Å². The molecule has 0 aliphatic carbocycles. The summed E-state index contributed by atoms with van der Waals surface area (Å²) in [6, 6.07) is 0. The number of aliphatic hydroxyl groups is 9. The zero-order valence-corrected chi connectivity index (χ0v) is 86.7.